The average molecular weight is 387 g/mol. The zero-order valence-electron chi connectivity index (χ0n) is 16.4. The summed E-state index contributed by atoms with van der Waals surface area (Å²) in [6, 6.07) is 16.1. The number of carbonyl (C=O) groups excluding carboxylic acids is 1. The van der Waals surface area contributed by atoms with E-state index in [2.05, 4.69) is 44.5 Å². The van der Waals surface area contributed by atoms with Crippen molar-refractivity contribution in [3.63, 3.8) is 0 Å². The van der Waals surface area contributed by atoms with Gasteiger partial charge in [-0.3, -0.25) is 9.78 Å². The molecule has 148 valence electrons. The number of hydrogen-bond donors (Lipinski definition) is 1. The SMILES string of the molecule is O=C(c1ccnc(NCc2cccnc2)n1)N1CCC(Cc2ccccc2)CC1. The fourth-order valence-corrected chi connectivity index (χ4v) is 3.70. The van der Waals surface area contributed by atoms with E-state index in [1.54, 1.807) is 24.7 Å². The van der Waals surface area contributed by atoms with Crippen LogP contribution in [0.1, 0.15) is 34.5 Å². The molecular weight excluding hydrogens is 362 g/mol. The van der Waals surface area contributed by atoms with Crippen LogP contribution in [-0.4, -0.2) is 38.8 Å². The number of pyridine rings is 1. The van der Waals surface area contributed by atoms with E-state index in [1.807, 2.05) is 23.1 Å². The number of carbonyl (C=O) groups is 1. The third-order valence-corrected chi connectivity index (χ3v) is 5.32. The van der Waals surface area contributed by atoms with Crippen molar-refractivity contribution in [2.24, 2.45) is 5.92 Å². The van der Waals surface area contributed by atoms with E-state index in [0.717, 1.165) is 37.9 Å². The van der Waals surface area contributed by atoms with Crippen LogP contribution in [0.3, 0.4) is 0 Å². The first-order valence-electron chi connectivity index (χ1n) is 10.1. The monoisotopic (exact) mass is 387 g/mol. The Labute approximate surface area is 171 Å². The predicted molar refractivity (Wildman–Crippen MR) is 112 cm³/mol. The van der Waals surface area contributed by atoms with Crippen LogP contribution < -0.4 is 5.32 Å². The molecule has 1 amide bonds. The highest BCUT2D eigenvalue weighted by Gasteiger charge is 2.24. The fourth-order valence-electron chi connectivity index (χ4n) is 3.70. The van der Waals surface area contributed by atoms with Gasteiger partial charge in [-0.1, -0.05) is 36.4 Å². The molecule has 0 saturated carbocycles. The number of rotatable bonds is 6. The van der Waals surface area contributed by atoms with E-state index >= 15 is 0 Å². The molecule has 1 aliphatic rings. The fraction of sp³-hybridized carbons (Fsp3) is 0.304. The highest BCUT2D eigenvalue weighted by Crippen LogP contribution is 2.22. The van der Waals surface area contributed by atoms with Crippen molar-refractivity contribution in [3.05, 3.63) is 83.9 Å². The molecule has 6 heteroatoms. The maximum Gasteiger partial charge on any atom is 0.272 e. The summed E-state index contributed by atoms with van der Waals surface area (Å²) in [5.41, 5.74) is 2.85. The van der Waals surface area contributed by atoms with Crippen LogP contribution in [0.4, 0.5) is 5.95 Å². The largest absolute Gasteiger partial charge is 0.350 e. The highest BCUT2D eigenvalue weighted by molar-refractivity contribution is 5.92. The summed E-state index contributed by atoms with van der Waals surface area (Å²) in [6.45, 7) is 2.12. The Morgan fingerprint density at radius 1 is 1.00 bits per heavy atom. The van der Waals surface area contributed by atoms with E-state index in [0.29, 0.717) is 24.1 Å². The summed E-state index contributed by atoms with van der Waals surface area (Å²) >= 11 is 0. The molecule has 3 aromatic rings. The van der Waals surface area contributed by atoms with Crippen molar-refractivity contribution in [2.75, 3.05) is 18.4 Å². The average Bonchev–Trinajstić information content (AvgIpc) is 2.79. The van der Waals surface area contributed by atoms with Crippen molar-refractivity contribution in [1.29, 1.82) is 0 Å². The number of anilines is 1. The van der Waals surface area contributed by atoms with Gasteiger partial charge in [-0.05, 0) is 48.4 Å². The molecule has 0 spiro atoms. The summed E-state index contributed by atoms with van der Waals surface area (Å²) in [5, 5.41) is 3.16. The number of nitrogens with zero attached hydrogens (tertiary/aromatic N) is 4. The highest BCUT2D eigenvalue weighted by atomic mass is 16.2. The lowest BCUT2D eigenvalue weighted by Crippen LogP contribution is -2.39. The number of hydrogen-bond acceptors (Lipinski definition) is 5. The summed E-state index contributed by atoms with van der Waals surface area (Å²) < 4.78 is 0. The van der Waals surface area contributed by atoms with Crippen LogP contribution in [0.25, 0.3) is 0 Å². The standard InChI is InChI=1S/C23H25N5O/c29-22(28-13-9-19(10-14-28)15-18-5-2-1-3-6-18)21-8-12-25-23(27-21)26-17-20-7-4-11-24-16-20/h1-8,11-12,16,19H,9-10,13-15,17H2,(H,25,26,27). The number of nitrogens with one attached hydrogen (secondary N) is 1. The van der Waals surface area contributed by atoms with Gasteiger partial charge in [0.25, 0.3) is 5.91 Å². The molecule has 0 bridgehead atoms. The predicted octanol–water partition coefficient (Wildman–Crippen LogP) is 3.58. The van der Waals surface area contributed by atoms with Gasteiger partial charge in [0.15, 0.2) is 0 Å². The molecule has 1 N–H and O–H groups in total. The molecule has 1 aromatic carbocycles. The van der Waals surface area contributed by atoms with Crippen LogP contribution in [0.2, 0.25) is 0 Å². The minimum Gasteiger partial charge on any atom is -0.350 e. The maximum atomic E-state index is 12.9. The summed E-state index contributed by atoms with van der Waals surface area (Å²) in [4.78, 5) is 27.5. The van der Waals surface area contributed by atoms with Gasteiger partial charge in [0, 0.05) is 38.2 Å². The van der Waals surface area contributed by atoms with Gasteiger partial charge in [0.05, 0.1) is 0 Å². The molecule has 0 atom stereocenters. The van der Waals surface area contributed by atoms with Gasteiger partial charge < -0.3 is 10.2 Å². The first-order chi connectivity index (χ1) is 14.3. The Morgan fingerprint density at radius 3 is 2.55 bits per heavy atom. The molecule has 0 radical (unpaired) electrons. The van der Waals surface area contributed by atoms with E-state index < -0.39 is 0 Å². The van der Waals surface area contributed by atoms with E-state index in [1.165, 1.54) is 5.56 Å². The number of benzene rings is 1. The molecule has 1 saturated heterocycles. The molecule has 0 unspecified atom stereocenters. The lowest BCUT2D eigenvalue weighted by atomic mass is 9.90. The quantitative estimate of drug-likeness (QED) is 0.700. The van der Waals surface area contributed by atoms with Crippen LogP contribution in [0, 0.1) is 5.92 Å². The van der Waals surface area contributed by atoms with E-state index in [9.17, 15) is 4.79 Å². The number of piperidine rings is 1. The topological polar surface area (TPSA) is 71.0 Å². The van der Waals surface area contributed by atoms with Crippen LogP contribution in [-0.2, 0) is 13.0 Å². The van der Waals surface area contributed by atoms with Gasteiger partial charge in [0.1, 0.15) is 5.69 Å². The van der Waals surface area contributed by atoms with Gasteiger partial charge in [-0.2, -0.15) is 0 Å². The molecule has 29 heavy (non-hydrogen) atoms. The Balaban J connectivity index is 1.31. The third-order valence-electron chi connectivity index (χ3n) is 5.32. The minimum atomic E-state index is -0.0185. The van der Waals surface area contributed by atoms with Gasteiger partial charge in [-0.15, -0.1) is 0 Å². The summed E-state index contributed by atoms with van der Waals surface area (Å²) in [6.07, 6.45) is 8.30. The second-order valence-corrected chi connectivity index (χ2v) is 7.41. The Kier molecular flexibility index (Phi) is 6.10. The van der Waals surface area contributed by atoms with Crippen LogP contribution in [0.5, 0.6) is 0 Å². The zero-order chi connectivity index (χ0) is 19.9. The Morgan fingerprint density at radius 2 is 1.79 bits per heavy atom. The van der Waals surface area contributed by atoms with Crippen LogP contribution >= 0.6 is 0 Å². The van der Waals surface area contributed by atoms with Gasteiger partial charge in [-0.25, -0.2) is 9.97 Å². The lowest BCUT2D eigenvalue weighted by Gasteiger charge is -2.32. The Hall–Kier alpha value is -3.28. The molecule has 3 heterocycles. The molecular formula is C23H25N5O. The van der Waals surface area contributed by atoms with Crippen molar-refractivity contribution in [2.45, 2.75) is 25.8 Å². The lowest BCUT2D eigenvalue weighted by molar-refractivity contribution is 0.0684. The first-order valence-corrected chi connectivity index (χ1v) is 10.1. The zero-order valence-corrected chi connectivity index (χ0v) is 16.4. The number of aromatic nitrogens is 3. The summed E-state index contributed by atoms with van der Waals surface area (Å²) in [7, 11) is 0. The van der Waals surface area contributed by atoms with E-state index in [4.69, 9.17) is 0 Å². The van der Waals surface area contributed by atoms with Gasteiger partial charge >= 0.3 is 0 Å². The Bertz CT molecular complexity index is 924. The molecule has 4 rings (SSSR count). The molecule has 6 nitrogen and oxygen atoms in total. The van der Waals surface area contributed by atoms with Crippen molar-refractivity contribution < 1.29 is 4.79 Å². The van der Waals surface area contributed by atoms with Crippen LogP contribution in [0.15, 0.2) is 67.1 Å². The molecule has 1 aliphatic heterocycles. The molecule has 2 aromatic heterocycles. The number of amides is 1. The third kappa shape index (κ3) is 5.16. The summed E-state index contributed by atoms with van der Waals surface area (Å²) in [5.74, 6) is 1.07. The smallest absolute Gasteiger partial charge is 0.272 e. The van der Waals surface area contributed by atoms with Crippen molar-refractivity contribution >= 4 is 11.9 Å². The van der Waals surface area contributed by atoms with E-state index in [-0.39, 0.29) is 5.91 Å². The van der Waals surface area contributed by atoms with Crippen molar-refractivity contribution in [3.8, 4) is 0 Å². The normalized spacial score (nSPS) is 14.6. The molecule has 0 aliphatic carbocycles. The minimum absolute atomic E-state index is 0.0185. The van der Waals surface area contributed by atoms with Gasteiger partial charge in [0.2, 0.25) is 5.95 Å². The second kappa shape index (κ2) is 9.28. The number of likely N-dealkylation sites (tertiary alicyclic amines) is 1. The maximum absolute atomic E-state index is 12.9. The van der Waals surface area contributed by atoms with Crippen molar-refractivity contribution in [1.82, 2.24) is 19.9 Å². The second-order valence-electron chi connectivity index (χ2n) is 7.41. The molecule has 1 fully saturated rings. The first kappa shape index (κ1) is 19.1.